The van der Waals surface area contributed by atoms with Crippen molar-refractivity contribution >= 4 is 11.6 Å². The van der Waals surface area contributed by atoms with Crippen LogP contribution in [0.5, 0.6) is 0 Å². The standard InChI is InChI=1S/C14H19N3O/c1-11(18)14(4-5-14)12-2-8-17(9-3-12)13-10-15-6-7-16-13/h6-7,10,12H,2-5,8-9H2,1H3. The molecule has 0 amide bonds. The highest BCUT2D eigenvalue weighted by atomic mass is 16.1. The van der Waals surface area contributed by atoms with Gasteiger partial charge in [-0.3, -0.25) is 9.78 Å². The molecular formula is C14H19N3O. The smallest absolute Gasteiger partial charge is 0.147 e. The number of Topliss-reactive ketones (excluding diaryl/α,β-unsaturated/α-hetero) is 1. The van der Waals surface area contributed by atoms with Crippen molar-refractivity contribution in [1.29, 1.82) is 0 Å². The van der Waals surface area contributed by atoms with Crippen LogP contribution < -0.4 is 4.90 Å². The molecule has 1 aromatic rings. The highest BCUT2D eigenvalue weighted by Crippen LogP contribution is 2.55. The summed E-state index contributed by atoms with van der Waals surface area (Å²) in [6, 6.07) is 0. The van der Waals surface area contributed by atoms with Crippen LogP contribution in [0, 0.1) is 11.3 Å². The topological polar surface area (TPSA) is 46.1 Å². The third-order valence-electron chi connectivity index (χ3n) is 4.64. The summed E-state index contributed by atoms with van der Waals surface area (Å²) in [5.41, 5.74) is 0.0501. The molecule has 0 bridgehead atoms. The molecule has 1 aliphatic carbocycles. The molecule has 96 valence electrons. The number of rotatable bonds is 3. The van der Waals surface area contributed by atoms with Crippen LogP contribution in [0.1, 0.15) is 32.6 Å². The van der Waals surface area contributed by atoms with Crippen LogP contribution >= 0.6 is 0 Å². The first kappa shape index (κ1) is 11.6. The molecule has 2 fully saturated rings. The predicted octanol–water partition coefficient (Wildman–Crippen LogP) is 2.06. The summed E-state index contributed by atoms with van der Waals surface area (Å²) in [5, 5.41) is 0. The van der Waals surface area contributed by atoms with Gasteiger partial charge in [0.15, 0.2) is 0 Å². The summed E-state index contributed by atoms with van der Waals surface area (Å²) >= 11 is 0. The van der Waals surface area contributed by atoms with E-state index in [4.69, 9.17) is 0 Å². The van der Waals surface area contributed by atoms with Crippen molar-refractivity contribution in [3.63, 3.8) is 0 Å². The number of ketones is 1. The van der Waals surface area contributed by atoms with E-state index in [0.717, 1.165) is 44.6 Å². The monoisotopic (exact) mass is 245 g/mol. The molecule has 4 heteroatoms. The first-order chi connectivity index (χ1) is 8.72. The second kappa shape index (κ2) is 4.34. The predicted molar refractivity (Wildman–Crippen MR) is 69.3 cm³/mol. The van der Waals surface area contributed by atoms with Crippen LogP contribution in [0.4, 0.5) is 5.82 Å². The van der Waals surface area contributed by atoms with E-state index in [1.807, 2.05) is 6.20 Å². The summed E-state index contributed by atoms with van der Waals surface area (Å²) in [6.07, 6.45) is 9.69. The van der Waals surface area contributed by atoms with E-state index in [1.165, 1.54) is 0 Å². The van der Waals surface area contributed by atoms with E-state index < -0.39 is 0 Å². The van der Waals surface area contributed by atoms with E-state index in [2.05, 4.69) is 14.9 Å². The molecule has 4 nitrogen and oxygen atoms in total. The van der Waals surface area contributed by atoms with Crippen molar-refractivity contribution in [2.45, 2.75) is 32.6 Å². The van der Waals surface area contributed by atoms with Gasteiger partial charge in [-0.15, -0.1) is 0 Å². The van der Waals surface area contributed by atoms with Crippen LogP contribution in [-0.4, -0.2) is 28.8 Å². The summed E-state index contributed by atoms with van der Waals surface area (Å²) in [5.74, 6) is 1.95. The minimum absolute atomic E-state index is 0.0501. The third-order valence-corrected chi connectivity index (χ3v) is 4.64. The van der Waals surface area contributed by atoms with Gasteiger partial charge in [0.1, 0.15) is 11.6 Å². The zero-order valence-electron chi connectivity index (χ0n) is 10.8. The number of carbonyl (C=O) groups excluding carboxylic acids is 1. The fraction of sp³-hybridized carbons (Fsp3) is 0.643. The molecule has 0 spiro atoms. The number of carbonyl (C=O) groups is 1. The SMILES string of the molecule is CC(=O)C1(C2CCN(c3cnccn3)CC2)CC1. The number of anilines is 1. The Morgan fingerprint density at radius 2 is 2.06 bits per heavy atom. The van der Waals surface area contributed by atoms with Crippen molar-refractivity contribution in [2.24, 2.45) is 11.3 Å². The summed E-state index contributed by atoms with van der Waals surface area (Å²) in [7, 11) is 0. The Hall–Kier alpha value is -1.45. The maximum Gasteiger partial charge on any atom is 0.147 e. The first-order valence-corrected chi connectivity index (χ1v) is 6.74. The van der Waals surface area contributed by atoms with Crippen LogP contribution in [-0.2, 0) is 4.79 Å². The maximum atomic E-state index is 11.7. The molecule has 2 heterocycles. The second-order valence-corrected chi connectivity index (χ2v) is 5.54. The molecule has 2 aliphatic rings. The van der Waals surface area contributed by atoms with Crippen LogP contribution in [0.15, 0.2) is 18.6 Å². The fourth-order valence-corrected chi connectivity index (χ4v) is 3.30. The van der Waals surface area contributed by atoms with E-state index in [9.17, 15) is 4.79 Å². The van der Waals surface area contributed by atoms with Gasteiger partial charge in [-0.2, -0.15) is 0 Å². The lowest BCUT2D eigenvalue weighted by molar-refractivity contribution is -0.124. The van der Waals surface area contributed by atoms with Gasteiger partial charge in [0.2, 0.25) is 0 Å². The summed E-state index contributed by atoms with van der Waals surface area (Å²) in [6.45, 7) is 3.76. The molecule has 0 atom stereocenters. The molecule has 18 heavy (non-hydrogen) atoms. The number of hydrogen-bond donors (Lipinski definition) is 0. The Morgan fingerprint density at radius 3 is 2.56 bits per heavy atom. The molecule has 0 N–H and O–H groups in total. The molecule has 0 radical (unpaired) electrons. The Labute approximate surface area is 107 Å². The normalized spacial score (nSPS) is 22.8. The summed E-state index contributed by atoms with van der Waals surface area (Å²) < 4.78 is 0. The average Bonchev–Trinajstić information content (AvgIpc) is 3.22. The van der Waals surface area contributed by atoms with E-state index >= 15 is 0 Å². The average molecular weight is 245 g/mol. The molecule has 1 saturated heterocycles. The largest absolute Gasteiger partial charge is 0.355 e. The van der Waals surface area contributed by atoms with Crippen molar-refractivity contribution in [3.05, 3.63) is 18.6 Å². The quantitative estimate of drug-likeness (QED) is 0.817. The Balaban J connectivity index is 1.64. The minimum atomic E-state index is 0.0501. The van der Waals surface area contributed by atoms with Crippen molar-refractivity contribution in [3.8, 4) is 0 Å². The Kier molecular flexibility index (Phi) is 2.80. The second-order valence-electron chi connectivity index (χ2n) is 5.54. The summed E-state index contributed by atoms with van der Waals surface area (Å²) in [4.78, 5) is 22.5. The van der Waals surface area contributed by atoms with Gasteiger partial charge < -0.3 is 4.90 Å². The van der Waals surface area contributed by atoms with Gasteiger partial charge in [-0.1, -0.05) is 0 Å². The van der Waals surface area contributed by atoms with E-state index in [1.54, 1.807) is 19.3 Å². The number of piperidine rings is 1. The first-order valence-electron chi connectivity index (χ1n) is 6.74. The highest BCUT2D eigenvalue weighted by molar-refractivity contribution is 5.85. The lowest BCUT2D eigenvalue weighted by Gasteiger charge is -2.36. The Morgan fingerprint density at radius 1 is 1.33 bits per heavy atom. The van der Waals surface area contributed by atoms with Crippen molar-refractivity contribution < 1.29 is 4.79 Å². The molecule has 1 saturated carbocycles. The highest BCUT2D eigenvalue weighted by Gasteiger charge is 2.53. The number of nitrogens with zero attached hydrogens (tertiary/aromatic N) is 3. The van der Waals surface area contributed by atoms with Gasteiger partial charge in [0.25, 0.3) is 0 Å². The fourth-order valence-electron chi connectivity index (χ4n) is 3.30. The lowest BCUT2D eigenvalue weighted by Crippen LogP contribution is -2.38. The van der Waals surface area contributed by atoms with Gasteiger partial charge in [-0.25, -0.2) is 4.98 Å². The number of hydrogen-bond acceptors (Lipinski definition) is 4. The van der Waals surface area contributed by atoms with E-state index in [0.29, 0.717) is 11.7 Å². The zero-order valence-corrected chi connectivity index (χ0v) is 10.8. The third kappa shape index (κ3) is 1.89. The molecular weight excluding hydrogens is 226 g/mol. The van der Waals surface area contributed by atoms with Crippen LogP contribution in [0.25, 0.3) is 0 Å². The van der Waals surface area contributed by atoms with Crippen LogP contribution in [0.2, 0.25) is 0 Å². The molecule has 1 aliphatic heterocycles. The van der Waals surface area contributed by atoms with Gasteiger partial charge in [0, 0.05) is 30.9 Å². The molecule has 0 aromatic carbocycles. The van der Waals surface area contributed by atoms with Gasteiger partial charge in [0.05, 0.1) is 6.20 Å². The molecule has 1 aromatic heterocycles. The van der Waals surface area contributed by atoms with Crippen LogP contribution in [0.3, 0.4) is 0 Å². The zero-order chi connectivity index (χ0) is 12.6. The van der Waals surface area contributed by atoms with Crippen molar-refractivity contribution in [1.82, 2.24) is 9.97 Å². The molecule has 3 rings (SSSR count). The molecule has 0 unspecified atom stereocenters. The number of aromatic nitrogens is 2. The van der Waals surface area contributed by atoms with Gasteiger partial charge in [-0.05, 0) is 38.5 Å². The minimum Gasteiger partial charge on any atom is -0.355 e. The lowest BCUT2D eigenvalue weighted by atomic mass is 9.79. The van der Waals surface area contributed by atoms with Gasteiger partial charge >= 0.3 is 0 Å². The van der Waals surface area contributed by atoms with Crippen molar-refractivity contribution in [2.75, 3.05) is 18.0 Å². The van der Waals surface area contributed by atoms with E-state index in [-0.39, 0.29) is 5.41 Å². The Bertz CT molecular complexity index is 434. The maximum absolute atomic E-state index is 11.7.